The molecule has 0 aromatic rings. The molecule has 6 saturated carbocycles. The summed E-state index contributed by atoms with van der Waals surface area (Å²) in [6.45, 7) is 9.74. The van der Waals surface area contributed by atoms with Gasteiger partial charge >= 0.3 is 11.9 Å². The third-order valence-corrected chi connectivity index (χ3v) is 13.8. The summed E-state index contributed by atoms with van der Waals surface area (Å²) in [4.78, 5) is 23.8. The van der Waals surface area contributed by atoms with E-state index in [1.807, 2.05) is 0 Å². The van der Waals surface area contributed by atoms with Crippen LogP contribution in [0.5, 0.6) is 0 Å². The Balaban J connectivity index is 0.000000493. The fourth-order valence-electron chi connectivity index (χ4n) is 12.8. The van der Waals surface area contributed by atoms with Gasteiger partial charge in [0.25, 0.3) is 0 Å². The van der Waals surface area contributed by atoms with Crippen LogP contribution in [0.3, 0.4) is 0 Å². The highest BCUT2D eigenvalue weighted by molar-refractivity contribution is 5.97. The SMILES string of the molecule is C=C(C)C(=O)OC.C=C1C(=O)OC23C4(CCCCCCCCC4)C1(C21CCCCCCCCC1)C31CCCCCCCCC1. The molecule has 0 aromatic carbocycles. The van der Waals surface area contributed by atoms with Gasteiger partial charge in [-0.2, -0.15) is 0 Å². The molecule has 0 N–H and O–H groups in total. The summed E-state index contributed by atoms with van der Waals surface area (Å²) in [6.07, 6.45) is 36.6. The van der Waals surface area contributed by atoms with Gasteiger partial charge in [-0.05, 0) is 45.4 Å². The maximum Gasteiger partial charge on any atom is 0.334 e. The van der Waals surface area contributed by atoms with Crippen LogP contribution in [-0.2, 0) is 19.1 Å². The second-order valence-corrected chi connectivity index (χ2v) is 15.7. The molecule has 4 nitrogen and oxygen atoms in total. The van der Waals surface area contributed by atoms with Crippen molar-refractivity contribution in [3.8, 4) is 0 Å². The van der Waals surface area contributed by atoms with Crippen LogP contribution in [0.4, 0.5) is 0 Å². The van der Waals surface area contributed by atoms with E-state index in [1.165, 1.54) is 180 Å². The molecule has 0 radical (unpaired) electrons. The molecule has 0 aromatic heterocycles. The minimum atomic E-state index is -0.347. The van der Waals surface area contributed by atoms with Crippen molar-refractivity contribution < 1.29 is 19.1 Å². The van der Waals surface area contributed by atoms with Crippen molar-refractivity contribution in [3.63, 3.8) is 0 Å². The Morgan fingerprint density at radius 1 is 0.591 bits per heavy atom. The van der Waals surface area contributed by atoms with Gasteiger partial charge in [-0.3, -0.25) is 0 Å². The highest BCUT2D eigenvalue weighted by Gasteiger charge is 3.09. The molecular weight excluding hydrogens is 544 g/mol. The lowest BCUT2D eigenvalue weighted by atomic mass is 9.02. The highest BCUT2D eigenvalue weighted by Crippen LogP contribution is 3.05. The lowest BCUT2D eigenvalue weighted by Crippen LogP contribution is -3.07. The first-order valence-corrected chi connectivity index (χ1v) is 19.0. The van der Waals surface area contributed by atoms with Gasteiger partial charge in [0.1, 0.15) is 5.60 Å². The van der Waals surface area contributed by atoms with Crippen LogP contribution in [0.25, 0.3) is 0 Å². The van der Waals surface area contributed by atoms with E-state index in [-0.39, 0.29) is 39.2 Å². The first-order valence-electron chi connectivity index (χ1n) is 19.0. The number of carbonyl (C=O) groups excluding carboxylic acids is 2. The zero-order valence-electron chi connectivity index (χ0n) is 28.6. The van der Waals surface area contributed by atoms with Crippen molar-refractivity contribution in [1.82, 2.24) is 0 Å². The molecule has 3 heterocycles. The second-order valence-electron chi connectivity index (χ2n) is 15.7. The monoisotopic (exact) mass is 608 g/mol. The zero-order valence-corrected chi connectivity index (χ0v) is 28.6. The molecule has 248 valence electrons. The number of rotatable bonds is 1. The van der Waals surface area contributed by atoms with E-state index in [4.69, 9.17) is 11.3 Å². The molecule has 0 unspecified atom stereocenters. The maximum absolute atomic E-state index is 13.7. The van der Waals surface area contributed by atoms with Crippen molar-refractivity contribution in [1.29, 1.82) is 0 Å². The highest BCUT2D eigenvalue weighted by atomic mass is 16.6. The van der Waals surface area contributed by atoms with Crippen molar-refractivity contribution in [3.05, 3.63) is 24.3 Å². The van der Waals surface area contributed by atoms with E-state index in [1.54, 1.807) is 6.92 Å². The van der Waals surface area contributed by atoms with Crippen LogP contribution in [0.2, 0.25) is 0 Å². The minimum Gasteiger partial charge on any atom is -0.466 e. The van der Waals surface area contributed by atoms with Crippen molar-refractivity contribution in [2.45, 2.75) is 186 Å². The molecule has 2 bridgehead atoms. The topological polar surface area (TPSA) is 52.6 Å². The number of hydrogen-bond acceptors (Lipinski definition) is 4. The van der Waals surface area contributed by atoms with Crippen LogP contribution in [0, 0.1) is 21.7 Å². The van der Waals surface area contributed by atoms with Gasteiger partial charge in [-0.25, -0.2) is 9.59 Å². The first kappa shape index (κ1) is 33.8. The fraction of sp³-hybridized carbons (Fsp3) is 0.850. The molecule has 44 heavy (non-hydrogen) atoms. The molecule has 0 atom stereocenters. The summed E-state index contributed by atoms with van der Waals surface area (Å²) < 4.78 is 11.4. The Bertz CT molecular complexity index is 935. The van der Waals surface area contributed by atoms with Gasteiger partial charge in [0.15, 0.2) is 0 Å². The molecule has 9 rings (SSSR count). The Kier molecular flexibility index (Phi) is 10.8. The minimum absolute atomic E-state index is 0.00755. The molecule has 3 saturated heterocycles. The predicted molar refractivity (Wildman–Crippen MR) is 179 cm³/mol. The van der Waals surface area contributed by atoms with Gasteiger partial charge in [-0.15, -0.1) is 0 Å². The summed E-state index contributed by atoms with van der Waals surface area (Å²) >= 11 is 0. The van der Waals surface area contributed by atoms with Gasteiger partial charge < -0.3 is 9.47 Å². The van der Waals surface area contributed by atoms with Crippen molar-refractivity contribution in [2.75, 3.05) is 7.11 Å². The molecule has 0 amide bonds. The van der Waals surface area contributed by atoms with E-state index >= 15 is 0 Å². The standard InChI is InChI=1S/C35H56O2.C5H8O2/c1-29-30(36)37-35-31(23-17-11-5-2-6-12-18-24-31)34(29,32(35)25-19-13-7-3-8-14-20-26-32)33(35)27-21-15-9-4-10-16-22-28-33;1-4(2)5(6)7-3/h1-28H2;1H2,2-3H3. The number of methoxy groups -OCH3 is 1. The second kappa shape index (κ2) is 14.0. The largest absolute Gasteiger partial charge is 0.466 e. The smallest absolute Gasteiger partial charge is 0.334 e. The summed E-state index contributed by atoms with van der Waals surface area (Å²) in [5, 5.41) is 0. The Morgan fingerprint density at radius 2 is 0.864 bits per heavy atom. The van der Waals surface area contributed by atoms with E-state index in [0.29, 0.717) is 5.57 Å². The molecule has 3 spiro atoms. The summed E-state index contributed by atoms with van der Waals surface area (Å²) in [7, 11) is 1.33. The molecule has 3 aliphatic heterocycles. The van der Waals surface area contributed by atoms with E-state index in [2.05, 4.69) is 11.3 Å². The maximum atomic E-state index is 13.7. The molecule has 6 aliphatic carbocycles. The number of ether oxygens (including phenoxy) is 2. The normalized spacial score (nSPS) is 33.3. The Hall–Kier alpha value is -1.58. The van der Waals surface area contributed by atoms with E-state index in [9.17, 15) is 9.59 Å². The summed E-state index contributed by atoms with van der Waals surface area (Å²) in [5.41, 5.74) is 1.81. The average Bonchev–Trinajstić information content (AvgIpc) is 3.03. The third-order valence-electron chi connectivity index (χ3n) is 13.8. The van der Waals surface area contributed by atoms with Crippen LogP contribution in [-0.4, -0.2) is 24.6 Å². The number of carbonyl (C=O) groups is 2. The van der Waals surface area contributed by atoms with Crippen molar-refractivity contribution in [2.24, 2.45) is 21.7 Å². The summed E-state index contributed by atoms with van der Waals surface area (Å²) in [6, 6.07) is 0. The Morgan fingerprint density at radius 3 is 1.07 bits per heavy atom. The third kappa shape index (κ3) is 4.71. The lowest BCUT2D eigenvalue weighted by Gasteiger charge is -3.03. The van der Waals surface area contributed by atoms with Gasteiger partial charge in [-0.1, -0.05) is 148 Å². The predicted octanol–water partition coefficient (Wildman–Crippen LogP) is 11.1. The zero-order chi connectivity index (χ0) is 31.3. The molecular formula is C40H64O4. The quantitative estimate of drug-likeness (QED) is 0.219. The molecule has 4 heteroatoms. The molecule has 9 fully saturated rings. The van der Waals surface area contributed by atoms with Crippen LogP contribution in [0.1, 0.15) is 180 Å². The lowest BCUT2D eigenvalue weighted by molar-refractivity contribution is -0.577. The van der Waals surface area contributed by atoms with Crippen molar-refractivity contribution >= 4 is 11.9 Å². The van der Waals surface area contributed by atoms with Gasteiger partial charge in [0.2, 0.25) is 0 Å². The van der Waals surface area contributed by atoms with Crippen LogP contribution in [0.15, 0.2) is 24.3 Å². The van der Waals surface area contributed by atoms with Gasteiger partial charge in [0, 0.05) is 32.8 Å². The van der Waals surface area contributed by atoms with E-state index < -0.39 is 0 Å². The summed E-state index contributed by atoms with van der Waals surface area (Å²) in [5.74, 6) is -0.340. The number of hydrogen-bond donors (Lipinski definition) is 0. The van der Waals surface area contributed by atoms with Crippen LogP contribution >= 0.6 is 0 Å². The van der Waals surface area contributed by atoms with Gasteiger partial charge in [0.05, 0.1) is 7.11 Å². The average molecular weight is 609 g/mol. The van der Waals surface area contributed by atoms with Crippen LogP contribution < -0.4 is 0 Å². The first-order chi connectivity index (χ1) is 21.3. The molecule has 9 aliphatic rings. The fourth-order valence-corrected chi connectivity index (χ4v) is 12.8. The Labute approximate surface area is 269 Å². The van der Waals surface area contributed by atoms with E-state index in [0.717, 1.165) is 5.57 Å². The number of esters is 2.